The first-order valence-corrected chi connectivity index (χ1v) is 10.2. The van der Waals surface area contributed by atoms with Gasteiger partial charge in [-0.3, -0.25) is 9.89 Å². The lowest BCUT2D eigenvalue weighted by atomic mass is 10.1. The van der Waals surface area contributed by atoms with Gasteiger partial charge < -0.3 is 15.4 Å². The molecule has 2 unspecified atom stereocenters. The van der Waals surface area contributed by atoms with E-state index in [1.54, 1.807) is 19.2 Å². The van der Waals surface area contributed by atoms with Crippen LogP contribution in [0.3, 0.4) is 0 Å². The normalized spacial score (nSPS) is 20.5. The molecule has 1 heterocycles. The van der Waals surface area contributed by atoms with E-state index in [1.807, 2.05) is 0 Å². The van der Waals surface area contributed by atoms with Gasteiger partial charge in [0.25, 0.3) is 0 Å². The summed E-state index contributed by atoms with van der Waals surface area (Å²) in [5.41, 5.74) is 3.52. The van der Waals surface area contributed by atoms with E-state index >= 15 is 0 Å². The van der Waals surface area contributed by atoms with Gasteiger partial charge in [0.15, 0.2) is 5.96 Å². The minimum absolute atomic E-state index is 0.225. The van der Waals surface area contributed by atoms with E-state index in [0.29, 0.717) is 13.1 Å². The van der Waals surface area contributed by atoms with Gasteiger partial charge in [0, 0.05) is 39.8 Å². The fraction of sp³-hybridized carbons (Fsp3) is 0.435. The zero-order valence-corrected chi connectivity index (χ0v) is 17.5. The fourth-order valence-electron chi connectivity index (χ4n) is 3.63. The molecule has 29 heavy (non-hydrogen) atoms. The van der Waals surface area contributed by atoms with Gasteiger partial charge in [-0.05, 0) is 42.7 Å². The summed E-state index contributed by atoms with van der Waals surface area (Å²) >= 11 is 0. The molecule has 0 radical (unpaired) electrons. The molecule has 2 atom stereocenters. The van der Waals surface area contributed by atoms with Gasteiger partial charge >= 0.3 is 0 Å². The van der Waals surface area contributed by atoms with E-state index in [0.717, 1.165) is 31.2 Å². The summed E-state index contributed by atoms with van der Waals surface area (Å²) in [6.45, 7) is 8.45. The molecule has 6 heteroatoms. The first-order valence-electron chi connectivity index (χ1n) is 10.2. The van der Waals surface area contributed by atoms with Crippen LogP contribution in [-0.2, 0) is 24.4 Å². The molecule has 156 valence electrons. The number of benzene rings is 2. The predicted molar refractivity (Wildman–Crippen MR) is 115 cm³/mol. The van der Waals surface area contributed by atoms with Gasteiger partial charge in [0.1, 0.15) is 5.82 Å². The lowest BCUT2D eigenvalue weighted by Gasteiger charge is -2.35. The van der Waals surface area contributed by atoms with Crippen LogP contribution < -0.4 is 10.6 Å². The van der Waals surface area contributed by atoms with Crippen molar-refractivity contribution in [3.8, 4) is 0 Å². The number of nitrogens with zero attached hydrogens (tertiary/aromatic N) is 2. The Morgan fingerprint density at radius 2 is 1.41 bits per heavy atom. The summed E-state index contributed by atoms with van der Waals surface area (Å²) in [6.07, 6.45) is 0.577. The molecular weight excluding hydrogens is 367 g/mol. The van der Waals surface area contributed by atoms with Crippen molar-refractivity contribution in [1.82, 2.24) is 15.5 Å². The first kappa shape index (κ1) is 21.3. The molecule has 0 spiro atoms. The molecule has 0 aliphatic carbocycles. The minimum Gasteiger partial charge on any atom is -0.373 e. The molecular formula is C23H31FN4O. The third-order valence-corrected chi connectivity index (χ3v) is 4.98. The van der Waals surface area contributed by atoms with Crippen LogP contribution in [0.1, 0.15) is 30.5 Å². The van der Waals surface area contributed by atoms with Crippen molar-refractivity contribution >= 4 is 5.96 Å². The Balaban J connectivity index is 1.45. The highest BCUT2D eigenvalue weighted by Crippen LogP contribution is 2.14. The lowest BCUT2D eigenvalue weighted by Crippen LogP contribution is -2.44. The predicted octanol–water partition coefficient (Wildman–Crippen LogP) is 3.30. The van der Waals surface area contributed by atoms with E-state index in [1.165, 1.54) is 23.3 Å². The summed E-state index contributed by atoms with van der Waals surface area (Å²) in [4.78, 5) is 6.70. The molecule has 1 saturated heterocycles. The molecule has 2 aromatic rings. The van der Waals surface area contributed by atoms with Crippen LogP contribution in [0.25, 0.3) is 0 Å². The standard InChI is InChI=1S/C23H31FN4O/c1-17-14-28(15-18(2)29-17)16-21-6-4-19(5-7-21)12-26-23(25-3)27-13-20-8-10-22(24)11-9-20/h4-11,17-18H,12-16H2,1-3H3,(H2,25,26,27). The summed E-state index contributed by atoms with van der Waals surface area (Å²) in [7, 11) is 1.74. The van der Waals surface area contributed by atoms with Crippen molar-refractivity contribution in [2.45, 2.75) is 45.7 Å². The molecule has 0 aromatic heterocycles. The maximum absolute atomic E-state index is 13.0. The minimum atomic E-state index is -0.225. The molecule has 0 amide bonds. The highest BCUT2D eigenvalue weighted by Gasteiger charge is 2.21. The van der Waals surface area contributed by atoms with Crippen LogP contribution in [0.2, 0.25) is 0 Å². The monoisotopic (exact) mass is 398 g/mol. The SMILES string of the molecule is CN=C(NCc1ccc(F)cc1)NCc1ccc(CN2CC(C)OC(C)C2)cc1. The number of nitrogens with one attached hydrogen (secondary N) is 2. The first-order chi connectivity index (χ1) is 14.0. The number of halogens is 1. The van der Waals surface area contributed by atoms with Crippen molar-refractivity contribution in [3.63, 3.8) is 0 Å². The fourth-order valence-corrected chi connectivity index (χ4v) is 3.63. The van der Waals surface area contributed by atoms with Crippen molar-refractivity contribution in [2.75, 3.05) is 20.1 Å². The van der Waals surface area contributed by atoms with Gasteiger partial charge in [-0.15, -0.1) is 0 Å². The average molecular weight is 399 g/mol. The second-order valence-corrected chi connectivity index (χ2v) is 7.67. The lowest BCUT2D eigenvalue weighted by molar-refractivity contribution is -0.0704. The number of rotatable bonds is 6. The van der Waals surface area contributed by atoms with Gasteiger partial charge in [0.2, 0.25) is 0 Å². The highest BCUT2D eigenvalue weighted by atomic mass is 19.1. The second-order valence-electron chi connectivity index (χ2n) is 7.67. The Bertz CT molecular complexity index is 782. The molecule has 1 fully saturated rings. The number of guanidine groups is 1. The van der Waals surface area contributed by atoms with Crippen molar-refractivity contribution < 1.29 is 9.13 Å². The Morgan fingerprint density at radius 1 is 0.931 bits per heavy atom. The van der Waals surface area contributed by atoms with E-state index in [2.05, 4.69) is 58.6 Å². The molecule has 0 saturated carbocycles. The topological polar surface area (TPSA) is 48.9 Å². The second kappa shape index (κ2) is 10.4. The number of hydrogen-bond acceptors (Lipinski definition) is 3. The molecule has 2 N–H and O–H groups in total. The quantitative estimate of drug-likeness (QED) is 0.579. The van der Waals surface area contributed by atoms with Crippen molar-refractivity contribution in [3.05, 3.63) is 71.0 Å². The third-order valence-electron chi connectivity index (χ3n) is 4.98. The highest BCUT2D eigenvalue weighted by molar-refractivity contribution is 5.79. The van der Waals surface area contributed by atoms with Crippen molar-refractivity contribution in [1.29, 1.82) is 0 Å². The molecule has 3 rings (SSSR count). The van der Waals surface area contributed by atoms with Crippen LogP contribution in [0, 0.1) is 5.82 Å². The Labute approximate surface area is 173 Å². The Morgan fingerprint density at radius 3 is 1.93 bits per heavy atom. The summed E-state index contributed by atoms with van der Waals surface area (Å²) < 4.78 is 18.8. The smallest absolute Gasteiger partial charge is 0.191 e. The molecule has 1 aliphatic rings. The van der Waals surface area contributed by atoms with Crippen molar-refractivity contribution in [2.24, 2.45) is 4.99 Å². The number of hydrogen-bond donors (Lipinski definition) is 2. The van der Waals surface area contributed by atoms with Crippen LogP contribution in [0.5, 0.6) is 0 Å². The average Bonchev–Trinajstić information content (AvgIpc) is 2.70. The van der Waals surface area contributed by atoms with E-state index in [-0.39, 0.29) is 18.0 Å². The summed E-state index contributed by atoms with van der Waals surface area (Å²) in [5.74, 6) is 0.493. The zero-order valence-electron chi connectivity index (χ0n) is 17.5. The Hall–Kier alpha value is -2.44. The van der Waals surface area contributed by atoms with Crippen LogP contribution in [0.4, 0.5) is 4.39 Å². The van der Waals surface area contributed by atoms with Gasteiger partial charge in [-0.2, -0.15) is 0 Å². The van der Waals surface area contributed by atoms with E-state index < -0.39 is 0 Å². The summed E-state index contributed by atoms with van der Waals surface area (Å²) in [6, 6.07) is 15.2. The van der Waals surface area contributed by atoms with Crippen LogP contribution in [-0.4, -0.2) is 43.2 Å². The molecule has 5 nitrogen and oxygen atoms in total. The van der Waals surface area contributed by atoms with Gasteiger partial charge in [-0.1, -0.05) is 36.4 Å². The third kappa shape index (κ3) is 6.84. The van der Waals surface area contributed by atoms with Gasteiger partial charge in [-0.25, -0.2) is 4.39 Å². The number of ether oxygens (including phenoxy) is 1. The zero-order chi connectivity index (χ0) is 20.6. The number of morpholine rings is 1. The largest absolute Gasteiger partial charge is 0.373 e. The maximum Gasteiger partial charge on any atom is 0.191 e. The maximum atomic E-state index is 13.0. The van der Waals surface area contributed by atoms with Crippen LogP contribution in [0.15, 0.2) is 53.5 Å². The molecule has 0 bridgehead atoms. The summed E-state index contributed by atoms with van der Waals surface area (Å²) in [5, 5.41) is 6.56. The van der Waals surface area contributed by atoms with Crippen LogP contribution >= 0.6 is 0 Å². The van der Waals surface area contributed by atoms with Gasteiger partial charge in [0.05, 0.1) is 12.2 Å². The molecule has 1 aliphatic heterocycles. The Kier molecular flexibility index (Phi) is 7.61. The van der Waals surface area contributed by atoms with E-state index in [4.69, 9.17) is 4.74 Å². The van der Waals surface area contributed by atoms with E-state index in [9.17, 15) is 4.39 Å². The number of aliphatic imine (C=N–C) groups is 1. The molecule has 2 aromatic carbocycles.